The lowest BCUT2D eigenvalue weighted by atomic mass is 9.95. The number of nitrogens with zero attached hydrogens (tertiary/aromatic N) is 3. The Morgan fingerprint density at radius 2 is 1.69 bits per heavy atom. The number of hydrogen-bond donors (Lipinski definition) is 1. The van der Waals surface area contributed by atoms with Crippen LogP contribution in [0, 0.1) is 5.92 Å². The van der Waals surface area contributed by atoms with Gasteiger partial charge in [-0.1, -0.05) is 36.9 Å². The highest BCUT2D eigenvalue weighted by molar-refractivity contribution is 6.30. The van der Waals surface area contributed by atoms with Crippen LogP contribution in [-0.2, 0) is 4.79 Å². The van der Waals surface area contributed by atoms with Gasteiger partial charge in [-0.25, -0.2) is 0 Å². The molecule has 0 radical (unpaired) electrons. The van der Waals surface area contributed by atoms with Crippen molar-refractivity contribution in [2.45, 2.75) is 51.0 Å². The molecule has 2 heterocycles. The van der Waals surface area contributed by atoms with Gasteiger partial charge in [0.25, 0.3) is 5.91 Å². The summed E-state index contributed by atoms with van der Waals surface area (Å²) in [6.45, 7) is 6.78. The van der Waals surface area contributed by atoms with Crippen molar-refractivity contribution in [2.24, 2.45) is 5.92 Å². The topological polar surface area (TPSA) is 55.9 Å². The Hall–Kier alpha value is -1.63. The summed E-state index contributed by atoms with van der Waals surface area (Å²) in [6.07, 6.45) is 8.58. The van der Waals surface area contributed by atoms with Gasteiger partial charge in [-0.05, 0) is 62.9 Å². The van der Waals surface area contributed by atoms with E-state index in [2.05, 4.69) is 15.1 Å². The summed E-state index contributed by atoms with van der Waals surface area (Å²) in [4.78, 5) is 32.8. The standard InChI is InChI=1S/C25H37ClN4O2/c26-22-10-6-9-21(19-22)25(32)30-17-15-29(16-18-30)23(20-7-2-3-8-20)24(31)27-11-14-28-12-4-1-5-13-28/h6,9-10,19-20,23H,1-5,7-8,11-18H2,(H,27,31). The lowest BCUT2D eigenvalue weighted by Gasteiger charge is -2.41. The third kappa shape index (κ3) is 6.03. The molecule has 176 valence electrons. The van der Waals surface area contributed by atoms with Gasteiger partial charge in [0, 0.05) is 49.9 Å². The molecular weight excluding hydrogens is 424 g/mol. The molecule has 1 unspecified atom stereocenters. The lowest BCUT2D eigenvalue weighted by molar-refractivity contribution is -0.129. The van der Waals surface area contributed by atoms with Gasteiger partial charge >= 0.3 is 0 Å². The SMILES string of the molecule is O=C(NCCN1CCCCC1)C(C1CCCC1)N1CCN(C(=O)c2cccc(Cl)c2)CC1. The second-order valence-electron chi connectivity index (χ2n) is 9.52. The summed E-state index contributed by atoms with van der Waals surface area (Å²) in [5, 5.41) is 3.83. The van der Waals surface area contributed by atoms with Crippen LogP contribution in [0.3, 0.4) is 0 Å². The van der Waals surface area contributed by atoms with Gasteiger partial charge in [0.05, 0.1) is 6.04 Å². The van der Waals surface area contributed by atoms with Gasteiger partial charge in [0.1, 0.15) is 0 Å². The number of benzene rings is 1. The number of amides is 2. The van der Waals surface area contributed by atoms with Crippen molar-refractivity contribution < 1.29 is 9.59 Å². The number of piperazine rings is 1. The largest absolute Gasteiger partial charge is 0.353 e. The normalized spacial score (nSPS) is 22.1. The number of piperidine rings is 1. The van der Waals surface area contributed by atoms with Crippen LogP contribution in [0.5, 0.6) is 0 Å². The minimum Gasteiger partial charge on any atom is -0.353 e. The van der Waals surface area contributed by atoms with Crippen molar-refractivity contribution in [3.8, 4) is 0 Å². The van der Waals surface area contributed by atoms with Gasteiger partial charge in [-0.3, -0.25) is 14.5 Å². The summed E-state index contributed by atoms with van der Waals surface area (Å²) in [7, 11) is 0. The molecule has 1 saturated carbocycles. The molecule has 1 aromatic rings. The molecule has 1 aromatic carbocycles. The average molecular weight is 461 g/mol. The van der Waals surface area contributed by atoms with Gasteiger partial charge in [-0.15, -0.1) is 0 Å². The van der Waals surface area contributed by atoms with Crippen LogP contribution in [0.1, 0.15) is 55.3 Å². The van der Waals surface area contributed by atoms with Gasteiger partial charge in [0.2, 0.25) is 5.91 Å². The number of rotatable bonds is 7. The molecule has 2 saturated heterocycles. The van der Waals surface area contributed by atoms with Crippen molar-refractivity contribution in [1.29, 1.82) is 0 Å². The van der Waals surface area contributed by atoms with Gasteiger partial charge < -0.3 is 15.1 Å². The van der Waals surface area contributed by atoms with E-state index in [1.807, 2.05) is 17.0 Å². The fraction of sp³-hybridized carbons (Fsp3) is 0.680. The molecule has 7 heteroatoms. The van der Waals surface area contributed by atoms with Crippen LogP contribution < -0.4 is 5.32 Å². The number of carbonyl (C=O) groups is 2. The van der Waals surface area contributed by atoms with Crippen LogP contribution in [0.2, 0.25) is 5.02 Å². The van der Waals surface area contributed by atoms with E-state index in [-0.39, 0.29) is 17.9 Å². The predicted octanol–water partition coefficient (Wildman–Crippen LogP) is 3.26. The van der Waals surface area contributed by atoms with E-state index in [1.165, 1.54) is 32.1 Å². The quantitative estimate of drug-likeness (QED) is 0.678. The van der Waals surface area contributed by atoms with E-state index in [4.69, 9.17) is 11.6 Å². The van der Waals surface area contributed by atoms with Crippen molar-refractivity contribution >= 4 is 23.4 Å². The molecular formula is C25H37ClN4O2. The average Bonchev–Trinajstić information content (AvgIpc) is 3.34. The molecule has 32 heavy (non-hydrogen) atoms. The zero-order chi connectivity index (χ0) is 22.3. The second kappa shape index (κ2) is 11.5. The summed E-state index contributed by atoms with van der Waals surface area (Å²) < 4.78 is 0. The molecule has 3 fully saturated rings. The molecule has 3 aliphatic rings. The summed E-state index contributed by atoms with van der Waals surface area (Å²) in [5.41, 5.74) is 0.633. The van der Waals surface area contributed by atoms with E-state index < -0.39 is 0 Å². The maximum Gasteiger partial charge on any atom is 0.253 e. The van der Waals surface area contributed by atoms with Crippen molar-refractivity contribution in [1.82, 2.24) is 20.0 Å². The third-order valence-corrected chi connectivity index (χ3v) is 7.59. The molecule has 2 aliphatic heterocycles. The maximum absolute atomic E-state index is 13.3. The highest BCUT2D eigenvalue weighted by Gasteiger charge is 2.37. The van der Waals surface area contributed by atoms with Crippen LogP contribution in [0.15, 0.2) is 24.3 Å². The zero-order valence-electron chi connectivity index (χ0n) is 19.1. The Morgan fingerprint density at radius 3 is 2.38 bits per heavy atom. The number of hydrogen-bond acceptors (Lipinski definition) is 4. The fourth-order valence-electron chi connectivity index (χ4n) is 5.58. The van der Waals surface area contributed by atoms with E-state index in [1.54, 1.807) is 12.1 Å². The Labute approximate surface area is 197 Å². The summed E-state index contributed by atoms with van der Waals surface area (Å²) in [6, 6.07) is 7.08. The van der Waals surface area contributed by atoms with E-state index in [0.717, 1.165) is 52.1 Å². The smallest absolute Gasteiger partial charge is 0.253 e. The van der Waals surface area contributed by atoms with E-state index in [9.17, 15) is 9.59 Å². The first kappa shape index (κ1) is 23.5. The Bertz CT molecular complexity index is 769. The Kier molecular flexibility index (Phi) is 8.44. The predicted molar refractivity (Wildman–Crippen MR) is 128 cm³/mol. The monoisotopic (exact) mass is 460 g/mol. The van der Waals surface area contributed by atoms with Crippen LogP contribution >= 0.6 is 11.6 Å². The van der Waals surface area contributed by atoms with Crippen molar-refractivity contribution in [3.63, 3.8) is 0 Å². The van der Waals surface area contributed by atoms with Crippen molar-refractivity contribution in [3.05, 3.63) is 34.9 Å². The van der Waals surface area contributed by atoms with Crippen LogP contribution in [-0.4, -0.2) is 84.9 Å². The molecule has 0 aromatic heterocycles. The highest BCUT2D eigenvalue weighted by atomic mass is 35.5. The van der Waals surface area contributed by atoms with E-state index >= 15 is 0 Å². The molecule has 1 atom stereocenters. The first-order chi connectivity index (χ1) is 15.6. The van der Waals surface area contributed by atoms with Crippen molar-refractivity contribution in [2.75, 3.05) is 52.4 Å². The number of carbonyl (C=O) groups excluding carboxylic acids is 2. The molecule has 0 bridgehead atoms. The fourth-order valence-corrected chi connectivity index (χ4v) is 5.77. The number of likely N-dealkylation sites (tertiary alicyclic amines) is 1. The molecule has 0 spiro atoms. The minimum absolute atomic E-state index is 0.0237. The number of nitrogens with one attached hydrogen (secondary N) is 1. The van der Waals surface area contributed by atoms with Crippen LogP contribution in [0.4, 0.5) is 0 Å². The van der Waals surface area contributed by atoms with Gasteiger partial charge in [-0.2, -0.15) is 0 Å². The summed E-state index contributed by atoms with van der Waals surface area (Å²) in [5.74, 6) is 0.638. The zero-order valence-corrected chi connectivity index (χ0v) is 19.9. The molecule has 1 aliphatic carbocycles. The summed E-state index contributed by atoms with van der Waals surface area (Å²) >= 11 is 6.06. The molecule has 2 amide bonds. The minimum atomic E-state index is -0.0673. The lowest BCUT2D eigenvalue weighted by Crippen LogP contribution is -2.58. The molecule has 6 nitrogen and oxygen atoms in total. The third-order valence-electron chi connectivity index (χ3n) is 7.36. The number of halogens is 1. The molecule has 4 rings (SSSR count). The first-order valence-corrected chi connectivity index (χ1v) is 12.8. The van der Waals surface area contributed by atoms with Gasteiger partial charge in [0.15, 0.2) is 0 Å². The van der Waals surface area contributed by atoms with E-state index in [0.29, 0.717) is 29.6 Å². The van der Waals surface area contributed by atoms with Crippen LogP contribution in [0.25, 0.3) is 0 Å². The maximum atomic E-state index is 13.3. The Balaban J connectivity index is 1.32. The second-order valence-corrected chi connectivity index (χ2v) is 9.96. The first-order valence-electron chi connectivity index (χ1n) is 12.4. The Morgan fingerprint density at radius 1 is 0.969 bits per heavy atom. The highest BCUT2D eigenvalue weighted by Crippen LogP contribution is 2.31. The molecule has 1 N–H and O–H groups in total.